The second-order valence-corrected chi connectivity index (χ2v) is 15.7. The first-order chi connectivity index (χ1) is 28.1. The highest BCUT2D eigenvalue weighted by molar-refractivity contribution is 5.93. The summed E-state index contributed by atoms with van der Waals surface area (Å²) in [6.07, 6.45) is 9.11. The van der Waals surface area contributed by atoms with E-state index in [1.807, 2.05) is 44.2 Å². The Labute approximate surface area is 349 Å². The van der Waals surface area contributed by atoms with Crippen LogP contribution in [0.4, 0.5) is 0 Å². The molecule has 14 heteroatoms. The summed E-state index contributed by atoms with van der Waals surface area (Å²) in [5.41, 5.74) is 4.47. The third kappa shape index (κ3) is 15.0. The van der Waals surface area contributed by atoms with Gasteiger partial charge in [-0.2, -0.15) is 0 Å². The number of amides is 4. The number of carbonyl (C=O) groups is 6. The monoisotopic (exact) mass is 819 g/mol. The van der Waals surface area contributed by atoms with E-state index in [9.17, 15) is 39.0 Å². The largest absolute Gasteiger partial charge is 0.456 e. The highest BCUT2D eigenvalue weighted by atomic mass is 16.5. The van der Waals surface area contributed by atoms with E-state index in [1.54, 1.807) is 63.0 Å². The SMILES string of the molecule is CCN(CC)C(=O)/C=C/C=C(\C)[C@@H]1C/C=C/C=C/[C@H](O)C(C)C(O)C(CCC(C)=O)C(=O)NC(C(C)C)C(=O)NC(Cc2ccccc2)C(=O)N2CCCC(N2)C(=O)O1. The summed E-state index contributed by atoms with van der Waals surface area (Å²) in [6.45, 7) is 13.4. The Balaban J connectivity index is 2.06. The maximum atomic E-state index is 14.3. The van der Waals surface area contributed by atoms with Crippen molar-refractivity contribution in [1.82, 2.24) is 26.0 Å². The third-order valence-corrected chi connectivity index (χ3v) is 10.9. The summed E-state index contributed by atoms with van der Waals surface area (Å²) in [5, 5.41) is 29.5. The zero-order valence-electron chi connectivity index (χ0n) is 35.6. The zero-order valence-corrected chi connectivity index (χ0v) is 35.6. The summed E-state index contributed by atoms with van der Waals surface area (Å²) in [5.74, 6) is -5.14. The van der Waals surface area contributed by atoms with E-state index in [0.29, 0.717) is 31.5 Å². The summed E-state index contributed by atoms with van der Waals surface area (Å²) < 4.78 is 6.06. The van der Waals surface area contributed by atoms with E-state index in [4.69, 9.17) is 4.74 Å². The molecule has 6 unspecified atom stereocenters. The van der Waals surface area contributed by atoms with Gasteiger partial charge >= 0.3 is 5.97 Å². The first kappa shape index (κ1) is 48.4. The van der Waals surface area contributed by atoms with E-state index in [1.165, 1.54) is 24.1 Å². The number of rotatable bonds is 11. The van der Waals surface area contributed by atoms with Gasteiger partial charge in [0.25, 0.3) is 5.91 Å². The maximum absolute atomic E-state index is 14.3. The molecule has 59 heavy (non-hydrogen) atoms. The van der Waals surface area contributed by atoms with Crippen molar-refractivity contribution in [3.8, 4) is 0 Å². The van der Waals surface area contributed by atoms with Crippen molar-refractivity contribution < 1.29 is 43.7 Å². The van der Waals surface area contributed by atoms with Gasteiger partial charge in [0.2, 0.25) is 17.7 Å². The number of carbonyl (C=O) groups excluding carboxylic acids is 6. The Hall–Kier alpha value is -4.92. The minimum Gasteiger partial charge on any atom is -0.456 e. The van der Waals surface area contributed by atoms with Gasteiger partial charge in [-0.25, -0.2) is 5.43 Å². The van der Waals surface area contributed by atoms with Crippen molar-refractivity contribution >= 4 is 35.4 Å². The van der Waals surface area contributed by atoms with Crippen LogP contribution in [0.3, 0.4) is 0 Å². The van der Waals surface area contributed by atoms with E-state index in [2.05, 4.69) is 16.1 Å². The van der Waals surface area contributed by atoms with Gasteiger partial charge in [0, 0.05) is 50.9 Å². The molecule has 14 nitrogen and oxygen atoms in total. The Morgan fingerprint density at radius 2 is 1.69 bits per heavy atom. The number of esters is 1. The van der Waals surface area contributed by atoms with Gasteiger partial charge in [0.1, 0.15) is 30.0 Å². The molecular formula is C45H65N5O9. The summed E-state index contributed by atoms with van der Waals surface area (Å²) in [4.78, 5) is 82.4. The number of likely N-dealkylation sites (N-methyl/N-ethyl adjacent to an activating group) is 1. The van der Waals surface area contributed by atoms with Crippen molar-refractivity contribution in [3.63, 3.8) is 0 Å². The van der Waals surface area contributed by atoms with Gasteiger partial charge in [-0.05, 0) is 64.0 Å². The van der Waals surface area contributed by atoms with Crippen molar-refractivity contribution in [1.29, 1.82) is 0 Å². The molecule has 0 aliphatic carbocycles. The normalized spacial score (nSPS) is 28.2. The molecule has 0 saturated carbocycles. The third-order valence-electron chi connectivity index (χ3n) is 10.9. The van der Waals surface area contributed by atoms with Crippen molar-refractivity contribution in [3.05, 3.63) is 84.0 Å². The number of ether oxygens (including phenoxy) is 1. The number of hydrazine groups is 1. The van der Waals surface area contributed by atoms with E-state index in [0.717, 1.165) is 5.56 Å². The molecule has 1 aromatic carbocycles. The number of aliphatic hydroxyl groups excluding tert-OH is 2. The molecule has 2 bridgehead atoms. The first-order valence-corrected chi connectivity index (χ1v) is 20.8. The lowest BCUT2D eigenvalue weighted by atomic mass is 9.84. The Morgan fingerprint density at radius 1 is 1.00 bits per heavy atom. The molecule has 0 aromatic heterocycles. The van der Waals surface area contributed by atoms with Crippen LogP contribution in [0.5, 0.6) is 0 Å². The molecular weight excluding hydrogens is 755 g/mol. The number of allylic oxidation sites excluding steroid dienone is 4. The number of cyclic esters (lactones) is 1. The number of hydrogen-bond acceptors (Lipinski definition) is 10. The molecule has 0 spiro atoms. The lowest BCUT2D eigenvalue weighted by molar-refractivity contribution is -0.156. The standard InChI is InChI=1S/C45H65N5O9/c1-8-49(9-2)39(53)24-16-18-30(5)38-23-15-11-14-22-37(52)32(7)41(54)34(26-25-31(6)51)42(55)47-40(29(3)4)43(56)46-36(28-33-19-12-10-13-20-33)44(57)50-27-17-21-35(48-50)45(58)59-38/h10-16,18-20,22,24,29,32,34-38,40-41,48,52,54H,8-9,17,21,23,25-28H2,1-7H3,(H,46,56)(H,47,55)/b15-11+,22-14+,24-16+,30-18+/t32?,34?,35?,36?,37-,38-,40?,41?/m0/s1. The molecule has 3 rings (SSSR count). The maximum Gasteiger partial charge on any atom is 0.325 e. The smallest absolute Gasteiger partial charge is 0.325 e. The number of benzene rings is 1. The molecule has 324 valence electrons. The highest BCUT2D eigenvalue weighted by Gasteiger charge is 2.38. The number of hydrogen-bond donors (Lipinski definition) is 5. The van der Waals surface area contributed by atoms with Gasteiger partial charge in [0.05, 0.1) is 18.1 Å². The number of ketones is 1. The van der Waals surface area contributed by atoms with Crippen LogP contribution >= 0.6 is 0 Å². The Bertz CT molecular complexity index is 1700. The average molecular weight is 820 g/mol. The predicted molar refractivity (Wildman–Crippen MR) is 225 cm³/mol. The second kappa shape index (κ2) is 24.2. The predicted octanol–water partition coefficient (Wildman–Crippen LogP) is 3.49. The van der Waals surface area contributed by atoms with Gasteiger partial charge in [0.15, 0.2) is 0 Å². The van der Waals surface area contributed by atoms with Crippen LogP contribution < -0.4 is 16.1 Å². The zero-order chi connectivity index (χ0) is 43.6. The molecule has 1 fully saturated rings. The molecule has 4 amide bonds. The van der Waals surface area contributed by atoms with E-state index >= 15 is 0 Å². The number of fused-ring (bicyclic) bond motifs is 2. The fourth-order valence-electron chi connectivity index (χ4n) is 7.01. The van der Waals surface area contributed by atoms with Crippen LogP contribution in [-0.2, 0) is 39.9 Å². The summed E-state index contributed by atoms with van der Waals surface area (Å²) >= 11 is 0. The minimum atomic E-state index is -1.39. The fraction of sp³-hybridized carbons (Fsp3) is 0.556. The van der Waals surface area contributed by atoms with Gasteiger partial charge in [-0.1, -0.05) is 87.6 Å². The molecule has 5 N–H and O–H groups in total. The topological polar surface area (TPSA) is 195 Å². The molecule has 2 aliphatic rings. The van der Waals surface area contributed by atoms with Gasteiger partial charge < -0.3 is 35.3 Å². The molecule has 2 heterocycles. The van der Waals surface area contributed by atoms with Crippen LogP contribution in [-0.4, -0.2) is 112 Å². The van der Waals surface area contributed by atoms with Crippen molar-refractivity contribution in [2.24, 2.45) is 17.8 Å². The molecule has 1 aromatic rings. The second-order valence-electron chi connectivity index (χ2n) is 15.7. The van der Waals surface area contributed by atoms with Crippen LogP contribution in [0.15, 0.2) is 78.4 Å². The van der Waals surface area contributed by atoms with Gasteiger partial charge in [-0.3, -0.25) is 29.0 Å². The molecule has 1 saturated heterocycles. The highest BCUT2D eigenvalue weighted by Crippen LogP contribution is 2.24. The van der Waals surface area contributed by atoms with E-state index < -0.39 is 77.9 Å². The molecule has 0 radical (unpaired) electrons. The Morgan fingerprint density at radius 3 is 2.34 bits per heavy atom. The molecule has 8 atom stereocenters. The quantitative estimate of drug-likeness (QED) is 0.125. The van der Waals surface area contributed by atoms with Crippen LogP contribution in [0.1, 0.15) is 86.1 Å². The van der Waals surface area contributed by atoms with E-state index in [-0.39, 0.29) is 43.9 Å². The number of nitrogens with zero attached hydrogens (tertiary/aromatic N) is 2. The fourth-order valence-corrected chi connectivity index (χ4v) is 7.01. The lowest BCUT2D eigenvalue weighted by Gasteiger charge is -2.36. The van der Waals surface area contributed by atoms with Crippen LogP contribution in [0, 0.1) is 17.8 Å². The van der Waals surface area contributed by atoms with Gasteiger partial charge in [-0.15, -0.1) is 0 Å². The minimum absolute atomic E-state index is 0.00577. The van der Waals surface area contributed by atoms with Crippen LogP contribution in [0.2, 0.25) is 0 Å². The lowest BCUT2D eigenvalue weighted by Crippen LogP contribution is -2.62. The van der Waals surface area contributed by atoms with Crippen LogP contribution in [0.25, 0.3) is 0 Å². The van der Waals surface area contributed by atoms with Crippen molar-refractivity contribution in [2.45, 2.75) is 123 Å². The summed E-state index contributed by atoms with van der Waals surface area (Å²) in [6, 6.07) is 6.04. The number of nitrogens with one attached hydrogen (secondary N) is 3. The number of aliphatic hydroxyl groups is 2. The number of Topliss-reactive ketones (excluding diaryl/α,β-unsaturated/α-hetero) is 1. The summed E-state index contributed by atoms with van der Waals surface area (Å²) in [7, 11) is 0. The first-order valence-electron chi connectivity index (χ1n) is 20.8. The van der Waals surface area contributed by atoms with Crippen molar-refractivity contribution in [2.75, 3.05) is 19.6 Å². The Kier molecular flexibility index (Phi) is 19.9. The average Bonchev–Trinajstić information content (AvgIpc) is 3.21. The molecule has 2 aliphatic heterocycles.